The molecular formula is C9H7BrCl2FNO3S. The molecule has 0 aliphatic rings. The lowest BCUT2D eigenvalue weighted by Crippen LogP contribution is -2.14. The Morgan fingerprint density at radius 2 is 2.17 bits per heavy atom. The van der Waals surface area contributed by atoms with Crippen LogP contribution < -0.4 is 9.88 Å². The lowest BCUT2D eigenvalue weighted by atomic mass is 10.3. The molecule has 0 atom stereocenters. The van der Waals surface area contributed by atoms with Crippen LogP contribution in [-0.4, -0.2) is 15.0 Å². The van der Waals surface area contributed by atoms with Crippen LogP contribution in [-0.2, 0) is 10.0 Å². The predicted octanol–water partition coefficient (Wildman–Crippen LogP) is 2.93. The number of halogens is 4. The maximum Gasteiger partial charge on any atom is 0.241 e. The molecule has 0 aromatic heterocycles. The van der Waals surface area contributed by atoms with Gasteiger partial charge in [0.05, 0.1) is 9.51 Å². The van der Waals surface area contributed by atoms with E-state index in [4.69, 9.17) is 33.1 Å². The maximum absolute atomic E-state index is 13.5. The molecule has 0 saturated carbocycles. The van der Waals surface area contributed by atoms with E-state index >= 15 is 0 Å². The van der Waals surface area contributed by atoms with Crippen LogP contribution in [0.2, 0.25) is 0 Å². The number of benzene rings is 1. The first-order chi connectivity index (χ1) is 8.25. The van der Waals surface area contributed by atoms with Gasteiger partial charge < -0.3 is 4.74 Å². The summed E-state index contributed by atoms with van der Waals surface area (Å²) in [6.07, 6.45) is 0. The van der Waals surface area contributed by atoms with Crippen molar-refractivity contribution in [2.24, 2.45) is 5.14 Å². The first-order valence-electron chi connectivity index (χ1n) is 4.35. The van der Waals surface area contributed by atoms with Gasteiger partial charge in [0, 0.05) is 11.6 Å². The quantitative estimate of drug-likeness (QED) is 0.875. The number of ether oxygens (including phenoxy) is 1. The Bertz CT molecular complexity index is 592. The van der Waals surface area contributed by atoms with Crippen LogP contribution in [0.25, 0.3) is 0 Å². The summed E-state index contributed by atoms with van der Waals surface area (Å²) in [6.45, 7) is -0.0716. The van der Waals surface area contributed by atoms with E-state index < -0.39 is 20.7 Å². The molecule has 0 unspecified atom stereocenters. The van der Waals surface area contributed by atoms with Crippen molar-refractivity contribution in [2.75, 3.05) is 6.61 Å². The SMILES string of the molecule is NS(=O)(=O)c1cc(Br)c(OC/C(Cl)=C/Cl)cc1F. The van der Waals surface area contributed by atoms with E-state index in [0.29, 0.717) is 0 Å². The van der Waals surface area contributed by atoms with E-state index in [-0.39, 0.29) is 21.9 Å². The summed E-state index contributed by atoms with van der Waals surface area (Å²) in [5.41, 5.74) is 1.10. The number of rotatable bonds is 4. The number of hydrogen-bond acceptors (Lipinski definition) is 3. The second-order valence-electron chi connectivity index (χ2n) is 3.10. The standard InChI is InChI=1S/C9H7BrCl2FNO3S/c10-6-1-9(18(14,15)16)7(13)2-8(6)17-4-5(12)3-11/h1-3H,4H2,(H2,14,15,16)/b5-3-. The van der Waals surface area contributed by atoms with E-state index in [1.54, 1.807) is 0 Å². The van der Waals surface area contributed by atoms with Gasteiger partial charge in [0.15, 0.2) is 0 Å². The lowest BCUT2D eigenvalue weighted by molar-refractivity contribution is 0.354. The molecule has 0 heterocycles. The zero-order valence-electron chi connectivity index (χ0n) is 8.66. The summed E-state index contributed by atoms with van der Waals surface area (Å²) in [5.74, 6) is -0.932. The highest BCUT2D eigenvalue weighted by atomic mass is 79.9. The van der Waals surface area contributed by atoms with E-state index in [1.165, 1.54) is 0 Å². The number of nitrogens with two attached hydrogens (primary N) is 1. The van der Waals surface area contributed by atoms with Crippen molar-refractivity contribution >= 4 is 49.2 Å². The van der Waals surface area contributed by atoms with E-state index in [2.05, 4.69) is 15.9 Å². The Labute approximate surface area is 122 Å². The van der Waals surface area contributed by atoms with Crippen LogP contribution in [0.3, 0.4) is 0 Å². The summed E-state index contributed by atoms with van der Waals surface area (Å²) in [7, 11) is -4.13. The van der Waals surface area contributed by atoms with Crippen LogP contribution in [0, 0.1) is 5.82 Å². The Hall–Kier alpha value is -0.340. The van der Waals surface area contributed by atoms with Crippen molar-refractivity contribution in [3.8, 4) is 5.75 Å². The topological polar surface area (TPSA) is 69.4 Å². The van der Waals surface area contributed by atoms with Gasteiger partial charge in [-0.3, -0.25) is 0 Å². The largest absolute Gasteiger partial charge is 0.487 e. The molecule has 1 aromatic rings. The van der Waals surface area contributed by atoms with Gasteiger partial charge in [-0.05, 0) is 22.0 Å². The second-order valence-corrected chi connectivity index (χ2v) is 6.19. The average molecular weight is 379 g/mol. The van der Waals surface area contributed by atoms with Crippen LogP contribution in [0.4, 0.5) is 4.39 Å². The fraction of sp³-hybridized carbons (Fsp3) is 0.111. The summed E-state index contributed by atoms with van der Waals surface area (Å²) in [6, 6.07) is 1.90. The second kappa shape index (κ2) is 6.21. The normalized spacial score (nSPS) is 12.6. The van der Waals surface area contributed by atoms with E-state index in [9.17, 15) is 12.8 Å². The van der Waals surface area contributed by atoms with Gasteiger partial charge in [-0.2, -0.15) is 0 Å². The number of sulfonamides is 1. The molecule has 0 aliphatic carbocycles. The predicted molar refractivity (Wildman–Crippen MR) is 70.8 cm³/mol. The first kappa shape index (κ1) is 15.7. The zero-order chi connectivity index (χ0) is 13.9. The Balaban J connectivity index is 3.08. The molecule has 0 spiro atoms. The fourth-order valence-corrected chi connectivity index (χ4v) is 2.36. The molecule has 0 fully saturated rings. The number of hydrogen-bond donors (Lipinski definition) is 1. The first-order valence-corrected chi connectivity index (χ1v) is 7.50. The van der Waals surface area contributed by atoms with Crippen LogP contribution in [0.5, 0.6) is 5.75 Å². The van der Waals surface area contributed by atoms with Gasteiger partial charge in [0.2, 0.25) is 10.0 Å². The van der Waals surface area contributed by atoms with Gasteiger partial charge in [0.25, 0.3) is 0 Å². The van der Waals surface area contributed by atoms with Crippen molar-refractivity contribution in [1.82, 2.24) is 0 Å². The van der Waals surface area contributed by atoms with Gasteiger partial charge >= 0.3 is 0 Å². The monoisotopic (exact) mass is 377 g/mol. The Morgan fingerprint density at radius 1 is 1.56 bits per heavy atom. The van der Waals surface area contributed by atoms with E-state index in [1.807, 2.05) is 0 Å². The van der Waals surface area contributed by atoms with Crippen LogP contribution in [0.1, 0.15) is 0 Å². The third-order valence-electron chi connectivity index (χ3n) is 1.78. The minimum atomic E-state index is -4.13. The van der Waals surface area contributed by atoms with Gasteiger partial charge in [-0.25, -0.2) is 17.9 Å². The van der Waals surface area contributed by atoms with Crippen LogP contribution in [0.15, 0.2) is 32.1 Å². The summed E-state index contributed by atoms with van der Waals surface area (Å²) in [5, 5.41) is 5.05. The average Bonchev–Trinajstić information content (AvgIpc) is 2.27. The Kier molecular flexibility index (Phi) is 5.42. The third kappa shape index (κ3) is 4.10. The van der Waals surface area contributed by atoms with Crippen molar-refractivity contribution in [1.29, 1.82) is 0 Å². The van der Waals surface area contributed by atoms with Gasteiger partial charge in [-0.1, -0.05) is 23.2 Å². The molecule has 100 valence electrons. The Morgan fingerprint density at radius 3 is 2.67 bits per heavy atom. The van der Waals surface area contributed by atoms with Crippen molar-refractivity contribution in [3.05, 3.63) is 33.0 Å². The molecule has 4 nitrogen and oxygen atoms in total. The highest BCUT2D eigenvalue weighted by Gasteiger charge is 2.18. The smallest absolute Gasteiger partial charge is 0.241 e. The molecular weight excluding hydrogens is 372 g/mol. The summed E-state index contributed by atoms with van der Waals surface area (Å²) in [4.78, 5) is -0.624. The number of primary sulfonamides is 1. The molecule has 1 aromatic carbocycles. The molecule has 0 radical (unpaired) electrons. The molecule has 2 N–H and O–H groups in total. The maximum atomic E-state index is 13.5. The lowest BCUT2D eigenvalue weighted by Gasteiger charge is -2.09. The third-order valence-corrected chi connectivity index (χ3v) is 3.92. The van der Waals surface area contributed by atoms with Gasteiger partial charge in [-0.15, -0.1) is 0 Å². The fourth-order valence-electron chi connectivity index (χ4n) is 1.02. The zero-order valence-corrected chi connectivity index (χ0v) is 12.6. The molecule has 18 heavy (non-hydrogen) atoms. The van der Waals surface area contributed by atoms with Crippen molar-refractivity contribution < 1.29 is 17.5 Å². The highest BCUT2D eigenvalue weighted by molar-refractivity contribution is 9.10. The molecule has 1 rings (SSSR count). The minimum absolute atomic E-state index is 0.0716. The molecule has 9 heteroatoms. The minimum Gasteiger partial charge on any atom is -0.487 e. The van der Waals surface area contributed by atoms with Crippen molar-refractivity contribution in [2.45, 2.75) is 4.90 Å². The van der Waals surface area contributed by atoms with E-state index in [0.717, 1.165) is 17.7 Å². The summed E-state index contributed by atoms with van der Waals surface area (Å²) >= 11 is 13.9. The van der Waals surface area contributed by atoms with Crippen molar-refractivity contribution in [3.63, 3.8) is 0 Å². The summed E-state index contributed by atoms with van der Waals surface area (Å²) < 4.78 is 41.0. The molecule has 0 aliphatic heterocycles. The molecule has 0 saturated heterocycles. The van der Waals surface area contributed by atoms with Crippen LogP contribution >= 0.6 is 39.1 Å². The molecule has 0 amide bonds. The highest BCUT2D eigenvalue weighted by Crippen LogP contribution is 2.30. The molecule has 0 bridgehead atoms. The van der Waals surface area contributed by atoms with Gasteiger partial charge in [0.1, 0.15) is 23.1 Å².